The molecule has 1 aromatic rings. The first-order valence-electron chi connectivity index (χ1n) is 5.13. The molecule has 1 aromatic carbocycles. The summed E-state index contributed by atoms with van der Waals surface area (Å²) in [4.78, 5) is 0. The molecule has 1 N–H and O–H groups in total. The maximum absolute atomic E-state index is 12.1. The fourth-order valence-electron chi connectivity index (χ4n) is 1.17. The van der Waals surface area contributed by atoms with Crippen LogP contribution in [0.25, 0.3) is 0 Å². The smallest absolute Gasteiger partial charge is 0.293 e. The molecular formula is C10H14Cl2NO3P. The standard InChI is InChI=1S/C10H14Cl2NO3P/c1-3-15-17(14,16-4-2)13-8-5-6-9(11)10(12)7-8/h5-7H,3-4H2,1-2H3,(H,13,14). The molecular weight excluding hydrogens is 284 g/mol. The third-order valence-corrected chi connectivity index (χ3v) is 4.25. The first kappa shape index (κ1) is 14.8. The van der Waals surface area contributed by atoms with Crippen LogP contribution in [0.5, 0.6) is 0 Å². The Morgan fingerprint density at radius 1 is 1.18 bits per heavy atom. The van der Waals surface area contributed by atoms with Crippen LogP contribution in [0.15, 0.2) is 18.2 Å². The molecule has 0 fully saturated rings. The van der Waals surface area contributed by atoms with Crippen LogP contribution in [0.2, 0.25) is 10.0 Å². The van der Waals surface area contributed by atoms with Crippen molar-refractivity contribution in [2.45, 2.75) is 13.8 Å². The first-order chi connectivity index (χ1) is 8.00. The van der Waals surface area contributed by atoms with Crippen LogP contribution in [-0.4, -0.2) is 13.2 Å². The van der Waals surface area contributed by atoms with Crippen molar-refractivity contribution < 1.29 is 13.6 Å². The van der Waals surface area contributed by atoms with E-state index < -0.39 is 7.75 Å². The van der Waals surface area contributed by atoms with Crippen LogP contribution >= 0.6 is 30.9 Å². The number of benzene rings is 1. The Balaban J connectivity index is 2.86. The van der Waals surface area contributed by atoms with Gasteiger partial charge in [-0.15, -0.1) is 0 Å². The highest BCUT2D eigenvalue weighted by atomic mass is 35.5. The van der Waals surface area contributed by atoms with Crippen molar-refractivity contribution in [1.29, 1.82) is 0 Å². The number of halogens is 2. The van der Waals surface area contributed by atoms with Gasteiger partial charge in [0.15, 0.2) is 0 Å². The summed E-state index contributed by atoms with van der Waals surface area (Å²) >= 11 is 11.6. The Morgan fingerprint density at radius 3 is 2.24 bits per heavy atom. The third kappa shape index (κ3) is 4.49. The van der Waals surface area contributed by atoms with E-state index >= 15 is 0 Å². The minimum Gasteiger partial charge on any atom is -0.293 e. The van der Waals surface area contributed by atoms with E-state index in [9.17, 15) is 4.57 Å². The second-order valence-electron chi connectivity index (χ2n) is 3.07. The molecule has 0 aliphatic rings. The van der Waals surface area contributed by atoms with E-state index in [1.165, 1.54) is 0 Å². The normalized spacial score (nSPS) is 11.5. The van der Waals surface area contributed by atoms with Crippen LogP contribution in [0.1, 0.15) is 13.8 Å². The molecule has 0 spiro atoms. The molecule has 0 aromatic heterocycles. The van der Waals surface area contributed by atoms with Crippen LogP contribution in [0.3, 0.4) is 0 Å². The van der Waals surface area contributed by atoms with Crippen LogP contribution in [0, 0.1) is 0 Å². The summed E-state index contributed by atoms with van der Waals surface area (Å²) in [5.41, 5.74) is 0.532. The van der Waals surface area contributed by atoms with Gasteiger partial charge in [-0.1, -0.05) is 23.2 Å². The molecule has 96 valence electrons. The van der Waals surface area contributed by atoms with Crippen molar-refractivity contribution in [2.24, 2.45) is 0 Å². The lowest BCUT2D eigenvalue weighted by atomic mass is 10.3. The summed E-state index contributed by atoms with van der Waals surface area (Å²) < 4.78 is 22.3. The summed E-state index contributed by atoms with van der Waals surface area (Å²) in [7, 11) is -3.33. The summed E-state index contributed by atoms with van der Waals surface area (Å²) in [6, 6.07) is 4.82. The average molecular weight is 298 g/mol. The quantitative estimate of drug-likeness (QED) is 0.780. The van der Waals surface area contributed by atoms with Gasteiger partial charge in [-0.2, -0.15) is 0 Å². The second-order valence-corrected chi connectivity index (χ2v) is 5.62. The molecule has 0 saturated carbocycles. The van der Waals surface area contributed by atoms with Crippen molar-refractivity contribution in [1.82, 2.24) is 0 Å². The van der Waals surface area contributed by atoms with Gasteiger partial charge in [0, 0.05) is 5.69 Å². The first-order valence-corrected chi connectivity index (χ1v) is 7.43. The fourth-order valence-corrected chi connectivity index (χ4v) is 2.80. The molecule has 0 heterocycles. The predicted octanol–water partition coefficient (Wildman–Crippen LogP) is 4.59. The Kier molecular flexibility index (Phi) is 5.77. The Hall–Kier alpha value is -0.250. The van der Waals surface area contributed by atoms with Crippen LogP contribution < -0.4 is 5.09 Å². The minimum absolute atomic E-state index is 0.283. The van der Waals surface area contributed by atoms with E-state index in [1.54, 1.807) is 32.0 Å². The molecule has 0 radical (unpaired) electrons. The zero-order valence-electron chi connectivity index (χ0n) is 9.57. The SMILES string of the molecule is CCOP(=O)(Nc1ccc(Cl)c(Cl)c1)OCC. The zero-order valence-corrected chi connectivity index (χ0v) is 12.0. The number of anilines is 1. The molecule has 4 nitrogen and oxygen atoms in total. The van der Waals surface area contributed by atoms with Crippen LogP contribution in [-0.2, 0) is 13.6 Å². The molecule has 0 amide bonds. The Bertz CT molecular complexity index is 418. The number of rotatable bonds is 6. The average Bonchev–Trinajstić information content (AvgIpc) is 2.24. The largest absolute Gasteiger partial charge is 0.432 e. The number of hydrogen-bond donors (Lipinski definition) is 1. The summed E-state index contributed by atoms with van der Waals surface area (Å²) in [5, 5.41) is 3.50. The van der Waals surface area contributed by atoms with Gasteiger partial charge in [0.1, 0.15) is 0 Å². The van der Waals surface area contributed by atoms with E-state index in [-0.39, 0.29) is 13.2 Å². The van der Waals surface area contributed by atoms with Crippen molar-refractivity contribution in [3.63, 3.8) is 0 Å². The monoisotopic (exact) mass is 297 g/mol. The van der Waals surface area contributed by atoms with Gasteiger partial charge >= 0.3 is 7.75 Å². The number of nitrogens with one attached hydrogen (secondary N) is 1. The second kappa shape index (κ2) is 6.62. The molecule has 0 unspecified atom stereocenters. The van der Waals surface area contributed by atoms with E-state index in [1.807, 2.05) is 0 Å². The highest BCUT2D eigenvalue weighted by Gasteiger charge is 2.23. The van der Waals surface area contributed by atoms with E-state index in [4.69, 9.17) is 32.2 Å². The molecule has 0 aliphatic heterocycles. The summed E-state index contributed by atoms with van der Waals surface area (Å²) in [6.45, 7) is 4.04. The van der Waals surface area contributed by atoms with Gasteiger partial charge in [0.2, 0.25) is 0 Å². The van der Waals surface area contributed by atoms with Crippen molar-refractivity contribution in [3.05, 3.63) is 28.2 Å². The predicted molar refractivity (Wildman–Crippen MR) is 70.9 cm³/mol. The van der Waals surface area contributed by atoms with E-state index in [0.717, 1.165) is 0 Å². The molecule has 1 rings (SSSR count). The van der Waals surface area contributed by atoms with Crippen molar-refractivity contribution in [3.8, 4) is 0 Å². The van der Waals surface area contributed by atoms with Crippen molar-refractivity contribution in [2.75, 3.05) is 18.3 Å². The molecule has 7 heteroatoms. The molecule has 17 heavy (non-hydrogen) atoms. The van der Waals surface area contributed by atoms with E-state index in [0.29, 0.717) is 15.7 Å². The molecule has 0 aliphatic carbocycles. The van der Waals surface area contributed by atoms with Gasteiger partial charge in [-0.3, -0.25) is 14.1 Å². The highest BCUT2D eigenvalue weighted by Crippen LogP contribution is 2.48. The lowest BCUT2D eigenvalue weighted by Crippen LogP contribution is -2.04. The Labute approximate surface area is 111 Å². The number of hydrogen-bond acceptors (Lipinski definition) is 3. The van der Waals surface area contributed by atoms with E-state index in [2.05, 4.69) is 5.09 Å². The zero-order chi connectivity index (χ0) is 12.9. The third-order valence-electron chi connectivity index (χ3n) is 1.78. The maximum atomic E-state index is 12.1. The molecule has 0 saturated heterocycles. The summed E-state index contributed by atoms with van der Waals surface area (Å²) in [5.74, 6) is 0. The maximum Gasteiger partial charge on any atom is 0.432 e. The van der Waals surface area contributed by atoms with Gasteiger partial charge in [-0.25, -0.2) is 4.57 Å². The van der Waals surface area contributed by atoms with Crippen LogP contribution in [0.4, 0.5) is 5.69 Å². The molecule has 0 atom stereocenters. The summed E-state index contributed by atoms with van der Waals surface area (Å²) in [6.07, 6.45) is 0. The lowest BCUT2D eigenvalue weighted by Gasteiger charge is -2.18. The van der Waals surface area contributed by atoms with Gasteiger partial charge in [0.05, 0.1) is 23.3 Å². The highest BCUT2D eigenvalue weighted by molar-refractivity contribution is 7.55. The topological polar surface area (TPSA) is 47.6 Å². The Morgan fingerprint density at radius 2 is 1.76 bits per heavy atom. The van der Waals surface area contributed by atoms with Gasteiger partial charge in [-0.05, 0) is 32.0 Å². The van der Waals surface area contributed by atoms with Gasteiger partial charge < -0.3 is 0 Å². The van der Waals surface area contributed by atoms with Crippen molar-refractivity contribution >= 4 is 36.6 Å². The minimum atomic E-state index is -3.33. The fraction of sp³-hybridized carbons (Fsp3) is 0.400. The lowest BCUT2D eigenvalue weighted by molar-refractivity contribution is 0.225. The molecule has 0 bridgehead atoms. The van der Waals surface area contributed by atoms with Gasteiger partial charge in [0.25, 0.3) is 0 Å².